The average molecular weight is 377 g/mol. The number of imide groups is 1. The predicted molar refractivity (Wildman–Crippen MR) is 103 cm³/mol. The molecule has 2 amide bonds. The lowest BCUT2D eigenvalue weighted by Gasteiger charge is -2.15. The Labute approximate surface area is 162 Å². The lowest BCUT2D eigenvalue weighted by Crippen LogP contribution is -2.31. The molecule has 1 aliphatic carbocycles. The molecule has 2 aliphatic rings. The molecule has 0 bridgehead atoms. The number of nitrogens with zero attached hydrogens (tertiary/aromatic N) is 3. The van der Waals surface area contributed by atoms with Crippen molar-refractivity contribution in [2.75, 3.05) is 4.90 Å². The van der Waals surface area contributed by atoms with Crippen LogP contribution in [0.1, 0.15) is 42.5 Å². The van der Waals surface area contributed by atoms with E-state index in [-0.39, 0.29) is 18.2 Å². The number of nitriles is 1. The van der Waals surface area contributed by atoms with Crippen molar-refractivity contribution in [1.29, 1.82) is 5.26 Å². The number of hydrogen-bond acceptors (Lipinski definition) is 5. The molecule has 27 heavy (non-hydrogen) atoms. The highest BCUT2D eigenvalue weighted by atomic mass is 32.2. The van der Waals surface area contributed by atoms with E-state index >= 15 is 0 Å². The highest BCUT2D eigenvalue weighted by molar-refractivity contribution is 8.00. The standard InChI is InChI=1S/C21H19N3O2S/c22-13-15-11-14-7-3-1-6-10-17(14)23-20(15)27-18-12-19(25)24(21(18)26)16-8-4-2-5-9-16/h2,4-5,8-9,11,18H,1,3,6-7,10,12H2/t18-/m1/s1. The maximum atomic E-state index is 12.8. The third kappa shape index (κ3) is 3.47. The largest absolute Gasteiger partial charge is 0.274 e. The molecule has 2 aromatic rings. The van der Waals surface area contributed by atoms with Gasteiger partial charge in [-0.2, -0.15) is 5.26 Å². The quantitative estimate of drug-likeness (QED) is 0.603. The van der Waals surface area contributed by atoms with Crippen LogP contribution in [0.15, 0.2) is 41.4 Å². The lowest BCUT2D eigenvalue weighted by molar-refractivity contribution is -0.121. The van der Waals surface area contributed by atoms with Crippen LogP contribution < -0.4 is 4.90 Å². The fraction of sp³-hybridized carbons (Fsp3) is 0.333. The molecular weight excluding hydrogens is 358 g/mol. The Hall–Kier alpha value is -2.65. The molecule has 0 radical (unpaired) electrons. The summed E-state index contributed by atoms with van der Waals surface area (Å²) in [5.74, 6) is -0.450. The van der Waals surface area contributed by atoms with Crippen LogP contribution in [-0.2, 0) is 22.4 Å². The smallest absolute Gasteiger partial charge is 0.247 e. The number of anilines is 1. The first kappa shape index (κ1) is 17.7. The topological polar surface area (TPSA) is 74.1 Å². The molecule has 0 spiro atoms. The number of fused-ring (bicyclic) bond motifs is 1. The Morgan fingerprint density at radius 1 is 1.11 bits per heavy atom. The van der Waals surface area contributed by atoms with Gasteiger partial charge >= 0.3 is 0 Å². The summed E-state index contributed by atoms with van der Waals surface area (Å²) in [6.45, 7) is 0. The van der Waals surface area contributed by atoms with E-state index in [1.807, 2.05) is 12.1 Å². The number of aromatic nitrogens is 1. The molecule has 5 nitrogen and oxygen atoms in total. The third-order valence-corrected chi connectivity index (χ3v) is 6.20. The van der Waals surface area contributed by atoms with Crippen molar-refractivity contribution < 1.29 is 9.59 Å². The van der Waals surface area contributed by atoms with E-state index in [2.05, 4.69) is 6.07 Å². The first-order valence-corrected chi connectivity index (χ1v) is 10.1. The van der Waals surface area contributed by atoms with E-state index in [9.17, 15) is 14.9 Å². The number of pyridine rings is 1. The molecule has 1 aromatic heterocycles. The van der Waals surface area contributed by atoms with Crippen molar-refractivity contribution >= 4 is 29.3 Å². The Morgan fingerprint density at radius 2 is 1.89 bits per heavy atom. The maximum Gasteiger partial charge on any atom is 0.247 e. The molecule has 0 saturated carbocycles. The van der Waals surface area contributed by atoms with E-state index in [0.29, 0.717) is 16.3 Å². The van der Waals surface area contributed by atoms with E-state index in [0.717, 1.165) is 36.9 Å². The number of carbonyl (C=O) groups is 2. The zero-order valence-electron chi connectivity index (χ0n) is 14.9. The molecule has 2 heterocycles. The Morgan fingerprint density at radius 3 is 2.67 bits per heavy atom. The SMILES string of the molecule is N#Cc1cc2c(nc1S[C@@H]1CC(=O)N(c3ccccc3)C1=O)CCCCC2. The predicted octanol–water partition coefficient (Wildman–Crippen LogP) is 3.65. The Balaban J connectivity index is 1.61. The summed E-state index contributed by atoms with van der Waals surface area (Å²) in [6.07, 6.45) is 5.36. The molecule has 1 fully saturated rings. The minimum Gasteiger partial charge on any atom is -0.274 e. The number of benzene rings is 1. The number of carbonyl (C=O) groups excluding carboxylic acids is 2. The molecule has 1 aliphatic heterocycles. The van der Waals surface area contributed by atoms with Crippen LogP contribution >= 0.6 is 11.8 Å². The van der Waals surface area contributed by atoms with E-state index < -0.39 is 5.25 Å². The number of para-hydroxylation sites is 1. The summed E-state index contributed by atoms with van der Waals surface area (Å²) in [7, 11) is 0. The number of amides is 2. The van der Waals surface area contributed by atoms with Gasteiger partial charge in [-0.25, -0.2) is 9.88 Å². The van der Waals surface area contributed by atoms with Crippen LogP contribution in [0.25, 0.3) is 0 Å². The van der Waals surface area contributed by atoms with E-state index in [4.69, 9.17) is 4.98 Å². The van der Waals surface area contributed by atoms with Gasteiger partial charge in [-0.15, -0.1) is 0 Å². The highest BCUT2D eigenvalue weighted by Gasteiger charge is 2.40. The monoisotopic (exact) mass is 377 g/mol. The van der Waals surface area contributed by atoms with Crippen molar-refractivity contribution in [3.8, 4) is 6.07 Å². The number of hydrogen-bond donors (Lipinski definition) is 0. The summed E-state index contributed by atoms with van der Waals surface area (Å²) in [4.78, 5) is 31.2. The highest BCUT2D eigenvalue weighted by Crippen LogP contribution is 2.35. The van der Waals surface area contributed by atoms with Crippen LogP contribution in [0, 0.1) is 11.3 Å². The summed E-state index contributed by atoms with van der Waals surface area (Å²) >= 11 is 1.25. The van der Waals surface area contributed by atoms with Crippen LogP contribution in [0.3, 0.4) is 0 Å². The number of rotatable bonds is 3. The van der Waals surface area contributed by atoms with Crippen molar-refractivity contribution in [2.45, 2.75) is 48.8 Å². The summed E-state index contributed by atoms with van der Waals surface area (Å²) < 4.78 is 0. The minimum atomic E-state index is -0.541. The van der Waals surface area contributed by atoms with Crippen molar-refractivity contribution in [3.63, 3.8) is 0 Å². The van der Waals surface area contributed by atoms with Gasteiger partial charge in [-0.3, -0.25) is 9.59 Å². The first-order chi connectivity index (χ1) is 13.2. The van der Waals surface area contributed by atoms with Crippen LogP contribution in [-0.4, -0.2) is 22.0 Å². The summed E-state index contributed by atoms with van der Waals surface area (Å²) in [6, 6.07) is 13.1. The van der Waals surface area contributed by atoms with Crippen LogP contribution in [0.4, 0.5) is 5.69 Å². The van der Waals surface area contributed by atoms with Crippen molar-refractivity contribution in [3.05, 3.63) is 53.2 Å². The van der Waals surface area contributed by atoms with Gasteiger partial charge in [0, 0.05) is 12.1 Å². The summed E-state index contributed by atoms with van der Waals surface area (Å²) in [5, 5.41) is 9.57. The van der Waals surface area contributed by atoms with Crippen molar-refractivity contribution in [2.24, 2.45) is 0 Å². The lowest BCUT2D eigenvalue weighted by atomic mass is 10.1. The third-order valence-electron chi connectivity index (χ3n) is 5.01. The number of thioether (sulfide) groups is 1. The van der Waals surface area contributed by atoms with Crippen LogP contribution in [0.5, 0.6) is 0 Å². The fourth-order valence-electron chi connectivity index (χ4n) is 3.64. The zero-order valence-corrected chi connectivity index (χ0v) is 15.7. The molecule has 1 atom stereocenters. The maximum absolute atomic E-state index is 12.8. The van der Waals surface area contributed by atoms with Gasteiger partial charge in [-0.05, 0) is 49.4 Å². The Kier molecular flexibility index (Phi) is 4.95. The van der Waals surface area contributed by atoms with E-state index in [1.54, 1.807) is 24.3 Å². The molecule has 136 valence electrons. The van der Waals surface area contributed by atoms with Crippen LogP contribution in [0.2, 0.25) is 0 Å². The molecule has 0 N–H and O–H groups in total. The van der Waals surface area contributed by atoms with E-state index in [1.165, 1.54) is 23.1 Å². The first-order valence-electron chi connectivity index (χ1n) is 9.19. The normalized spacial score (nSPS) is 19.5. The molecule has 6 heteroatoms. The molecule has 0 unspecified atom stereocenters. The van der Waals surface area contributed by atoms with Gasteiger partial charge in [0.1, 0.15) is 11.1 Å². The average Bonchev–Trinajstić information content (AvgIpc) is 2.84. The zero-order chi connectivity index (χ0) is 18.8. The second-order valence-electron chi connectivity index (χ2n) is 6.83. The van der Waals surface area contributed by atoms with Gasteiger partial charge in [-0.1, -0.05) is 36.4 Å². The van der Waals surface area contributed by atoms with Gasteiger partial charge < -0.3 is 0 Å². The van der Waals surface area contributed by atoms with Gasteiger partial charge in [0.2, 0.25) is 11.8 Å². The second-order valence-corrected chi connectivity index (χ2v) is 8.02. The van der Waals surface area contributed by atoms with Gasteiger partial charge in [0.25, 0.3) is 0 Å². The molecular formula is C21H19N3O2S. The summed E-state index contributed by atoms with van der Waals surface area (Å²) in [5.41, 5.74) is 3.27. The molecule has 1 aromatic carbocycles. The number of aryl methyl sites for hydroxylation is 2. The Bertz CT molecular complexity index is 936. The van der Waals surface area contributed by atoms with Gasteiger partial charge in [0.15, 0.2) is 0 Å². The second kappa shape index (κ2) is 7.53. The van der Waals surface area contributed by atoms with Crippen molar-refractivity contribution in [1.82, 2.24) is 4.98 Å². The minimum absolute atomic E-state index is 0.127. The molecule has 4 rings (SSSR count). The molecule has 1 saturated heterocycles. The fourth-order valence-corrected chi connectivity index (χ4v) is 4.74. The van der Waals surface area contributed by atoms with Gasteiger partial charge in [0.05, 0.1) is 16.5 Å².